The zero-order valence-electron chi connectivity index (χ0n) is 18.8. The first-order valence-electron chi connectivity index (χ1n) is 10.1. The molecule has 0 fully saturated rings. The number of benzene rings is 2. The smallest absolute Gasteiger partial charge is 0.329 e. The van der Waals surface area contributed by atoms with E-state index in [4.69, 9.17) is 21.0 Å². The molecule has 2 aromatic carbocycles. The second kappa shape index (κ2) is 11.0. The van der Waals surface area contributed by atoms with Crippen LogP contribution in [0, 0.1) is 12.3 Å². The summed E-state index contributed by atoms with van der Waals surface area (Å²) in [7, 11) is -4.16. The van der Waals surface area contributed by atoms with Crippen LogP contribution in [0.2, 0.25) is 0 Å². The first-order valence-corrected chi connectivity index (χ1v) is 13.6. The predicted molar refractivity (Wildman–Crippen MR) is 136 cm³/mol. The van der Waals surface area contributed by atoms with Crippen LogP contribution in [-0.2, 0) is 24.2 Å². The number of nitrogen functional groups attached to an aromatic ring is 1. The maximum atomic E-state index is 13.9. The molecule has 1 aromatic heterocycles. The van der Waals surface area contributed by atoms with Gasteiger partial charge in [-0.05, 0) is 36.4 Å². The number of rotatable bonds is 10. The molecule has 9 nitrogen and oxygen atoms in total. The van der Waals surface area contributed by atoms with Crippen molar-refractivity contribution in [1.82, 2.24) is 0 Å². The summed E-state index contributed by atoms with van der Waals surface area (Å²) < 4.78 is 33.1. The Labute approximate surface area is 210 Å². The molecule has 12 heteroatoms. The van der Waals surface area contributed by atoms with Crippen LogP contribution in [0.3, 0.4) is 0 Å². The van der Waals surface area contributed by atoms with Crippen LogP contribution < -0.4 is 11.1 Å². The van der Waals surface area contributed by atoms with Gasteiger partial charge in [0.15, 0.2) is 0 Å². The molecule has 35 heavy (non-hydrogen) atoms. The zero-order chi connectivity index (χ0) is 25.8. The van der Waals surface area contributed by atoms with E-state index in [9.17, 15) is 18.0 Å². The Morgan fingerprint density at radius 1 is 1.14 bits per heavy atom. The monoisotopic (exact) mass is 533 g/mol. The zero-order valence-corrected chi connectivity index (χ0v) is 21.3. The highest BCUT2D eigenvalue weighted by atomic mass is 32.2. The molecule has 0 aliphatic carbocycles. The first kappa shape index (κ1) is 26.4. The molecule has 0 atom stereocenters. The Morgan fingerprint density at radius 3 is 2.43 bits per heavy atom. The number of thioether (sulfide) groups is 1. The molecule has 0 aliphatic heterocycles. The van der Waals surface area contributed by atoms with Gasteiger partial charge in [0.05, 0.1) is 24.6 Å². The van der Waals surface area contributed by atoms with Crippen molar-refractivity contribution in [3.8, 4) is 11.1 Å². The Hall–Kier alpha value is -3.19. The van der Waals surface area contributed by atoms with Gasteiger partial charge in [0, 0.05) is 5.56 Å². The molecule has 1 amide bonds. The summed E-state index contributed by atoms with van der Waals surface area (Å²) in [6, 6.07) is 13.4. The van der Waals surface area contributed by atoms with Gasteiger partial charge in [-0.1, -0.05) is 36.4 Å². The molecule has 1 heterocycles. The van der Waals surface area contributed by atoms with E-state index in [-0.39, 0.29) is 21.3 Å². The molecule has 184 valence electrons. The fourth-order valence-corrected chi connectivity index (χ4v) is 7.37. The molecule has 0 saturated heterocycles. The van der Waals surface area contributed by atoms with Crippen LogP contribution in [0.1, 0.15) is 10.4 Å². The standard InChI is InChI=1S/C23H23N3O6S3/c1-13-8-9-16(35(30,31)17-10-15(22(24)25)34-23(17)33-2)21(20(13)14-6-4-3-5-7-14)26-18(27)11-32-12-19(28)29/h3-10H,11-12H2,1-2H3,(H3,24,25)(H,26,27)(H,28,29). The largest absolute Gasteiger partial charge is 0.480 e. The number of carbonyl (C=O) groups excluding carboxylic acids is 1. The number of aliphatic carboxylic acids is 1. The first-order chi connectivity index (χ1) is 16.6. The lowest BCUT2D eigenvalue weighted by atomic mass is 9.98. The van der Waals surface area contributed by atoms with Crippen molar-refractivity contribution in [2.45, 2.75) is 20.9 Å². The fourth-order valence-electron chi connectivity index (χ4n) is 3.36. The third-order valence-corrected chi connectivity index (χ3v) is 9.24. The van der Waals surface area contributed by atoms with E-state index in [1.54, 1.807) is 43.5 Å². The van der Waals surface area contributed by atoms with Crippen LogP contribution in [0.4, 0.5) is 5.69 Å². The van der Waals surface area contributed by atoms with Crippen molar-refractivity contribution in [2.75, 3.05) is 24.8 Å². The lowest BCUT2D eigenvalue weighted by Crippen LogP contribution is -2.22. The number of ether oxygens (including phenoxy) is 1. The minimum Gasteiger partial charge on any atom is -0.480 e. The molecule has 0 spiro atoms. The van der Waals surface area contributed by atoms with Crippen molar-refractivity contribution in [2.24, 2.45) is 5.73 Å². The average Bonchev–Trinajstić information content (AvgIpc) is 3.25. The number of carboxylic acids is 1. The number of hydrogen-bond donors (Lipinski definition) is 4. The van der Waals surface area contributed by atoms with Gasteiger partial charge in [0.25, 0.3) is 0 Å². The van der Waals surface area contributed by atoms with Gasteiger partial charge in [-0.25, -0.2) is 13.2 Å². The Balaban J connectivity index is 2.20. The summed E-state index contributed by atoms with van der Waals surface area (Å²) in [6.45, 7) is 0.551. The van der Waals surface area contributed by atoms with Crippen LogP contribution in [0.15, 0.2) is 62.5 Å². The Morgan fingerprint density at radius 2 is 1.83 bits per heavy atom. The van der Waals surface area contributed by atoms with Crippen molar-refractivity contribution in [1.29, 1.82) is 5.41 Å². The lowest BCUT2D eigenvalue weighted by Gasteiger charge is -2.19. The highest BCUT2D eigenvalue weighted by Gasteiger charge is 2.30. The van der Waals surface area contributed by atoms with Gasteiger partial charge in [-0.15, -0.1) is 23.1 Å². The number of amidine groups is 1. The normalized spacial score (nSPS) is 11.3. The molecular weight excluding hydrogens is 510 g/mol. The van der Waals surface area contributed by atoms with Gasteiger partial charge in [-0.3, -0.25) is 10.2 Å². The summed E-state index contributed by atoms with van der Waals surface area (Å²) in [5.74, 6) is -2.18. The number of sulfone groups is 1. The van der Waals surface area contributed by atoms with Crippen LogP contribution >= 0.6 is 23.1 Å². The number of carboxylic acid groups (broad SMARTS) is 1. The summed E-state index contributed by atoms with van der Waals surface area (Å²) in [4.78, 5) is 23.5. The number of amides is 1. The van der Waals surface area contributed by atoms with Crippen LogP contribution in [0.25, 0.3) is 11.1 Å². The minimum absolute atomic E-state index is 0.0132. The van der Waals surface area contributed by atoms with Crippen LogP contribution in [0.5, 0.6) is 0 Å². The fraction of sp³-hybridized carbons (Fsp3) is 0.174. The summed E-state index contributed by atoms with van der Waals surface area (Å²) >= 11 is 2.31. The van der Waals surface area contributed by atoms with Gasteiger partial charge < -0.3 is 20.9 Å². The van der Waals surface area contributed by atoms with Gasteiger partial charge >= 0.3 is 5.97 Å². The molecule has 0 bridgehead atoms. The average molecular weight is 534 g/mol. The van der Waals surface area contributed by atoms with E-state index in [1.807, 2.05) is 6.07 Å². The summed E-state index contributed by atoms with van der Waals surface area (Å²) in [5, 5.41) is 19.1. The molecule has 0 radical (unpaired) electrons. The maximum Gasteiger partial charge on any atom is 0.329 e. The molecule has 5 N–H and O–H groups in total. The third-order valence-electron chi connectivity index (χ3n) is 4.86. The molecule has 0 unspecified atom stereocenters. The van der Waals surface area contributed by atoms with Gasteiger partial charge in [-0.2, -0.15) is 0 Å². The minimum atomic E-state index is -4.16. The molecular formula is C23H23N3O6S3. The van der Waals surface area contributed by atoms with E-state index in [2.05, 4.69) is 5.32 Å². The number of thiophene rings is 1. The Bertz CT molecular complexity index is 1380. The number of aryl methyl sites for hydroxylation is 1. The number of nitrogens with two attached hydrogens (primary N) is 1. The number of anilines is 1. The molecule has 0 aliphatic rings. The molecule has 0 saturated carbocycles. The second-order valence-corrected chi connectivity index (χ2v) is 11.3. The predicted octanol–water partition coefficient (Wildman–Crippen LogP) is 3.60. The van der Waals surface area contributed by atoms with E-state index >= 15 is 0 Å². The SMILES string of the molecule is CSc1sc(C(=N)N)cc1S(=O)(=O)c1ccc(C)c(-c2ccccc2)c1NC(=O)COCC(=O)O. The number of nitrogens with one attached hydrogen (secondary N) is 2. The number of hydrogen-bond acceptors (Lipinski definition) is 8. The van der Waals surface area contributed by atoms with Crippen molar-refractivity contribution in [3.63, 3.8) is 0 Å². The lowest BCUT2D eigenvalue weighted by molar-refractivity contribution is -0.143. The second-order valence-electron chi connectivity index (χ2n) is 7.31. The topological polar surface area (TPSA) is 160 Å². The Kier molecular flexibility index (Phi) is 8.33. The summed E-state index contributed by atoms with van der Waals surface area (Å²) in [5.41, 5.74) is 7.56. The highest BCUT2D eigenvalue weighted by molar-refractivity contribution is 8.01. The highest BCUT2D eigenvalue weighted by Crippen LogP contribution is 2.42. The maximum absolute atomic E-state index is 13.9. The van der Waals surface area contributed by atoms with E-state index in [1.165, 1.54) is 23.9 Å². The van der Waals surface area contributed by atoms with Crippen molar-refractivity contribution >= 4 is 56.3 Å². The third kappa shape index (κ3) is 5.90. The van der Waals surface area contributed by atoms with Crippen molar-refractivity contribution in [3.05, 3.63) is 59.0 Å². The van der Waals surface area contributed by atoms with Gasteiger partial charge in [0.1, 0.15) is 19.0 Å². The molecule has 3 rings (SSSR count). The quantitative estimate of drug-likeness (QED) is 0.175. The van der Waals surface area contributed by atoms with Crippen LogP contribution in [-0.4, -0.2) is 50.7 Å². The van der Waals surface area contributed by atoms with E-state index in [0.29, 0.717) is 20.2 Å². The van der Waals surface area contributed by atoms with Crippen molar-refractivity contribution < 1.29 is 27.9 Å². The summed E-state index contributed by atoms with van der Waals surface area (Å²) in [6.07, 6.45) is 1.72. The van der Waals surface area contributed by atoms with E-state index in [0.717, 1.165) is 16.9 Å². The van der Waals surface area contributed by atoms with E-state index < -0.39 is 34.9 Å². The van der Waals surface area contributed by atoms with Gasteiger partial charge in [0.2, 0.25) is 15.7 Å². The molecule has 3 aromatic rings. The number of carbonyl (C=O) groups is 2.